The standard InChI is InChI=1S/C8H18O5/c1-3-5(10)8(13-2)7(12)6(11)4-9/h5-12H,3-4H2,1-2H3. The van der Waals surface area contributed by atoms with E-state index in [9.17, 15) is 10.2 Å². The van der Waals surface area contributed by atoms with Gasteiger partial charge < -0.3 is 25.2 Å². The van der Waals surface area contributed by atoms with Gasteiger partial charge >= 0.3 is 0 Å². The SMILES string of the molecule is CCC(O)C(OC)C(O)C(O)CO. The second kappa shape index (κ2) is 6.28. The van der Waals surface area contributed by atoms with Crippen LogP contribution < -0.4 is 0 Å². The average molecular weight is 194 g/mol. The van der Waals surface area contributed by atoms with E-state index in [2.05, 4.69) is 0 Å². The van der Waals surface area contributed by atoms with Gasteiger partial charge in [-0.2, -0.15) is 0 Å². The van der Waals surface area contributed by atoms with E-state index in [1.165, 1.54) is 7.11 Å². The van der Waals surface area contributed by atoms with Crippen LogP contribution in [0.4, 0.5) is 0 Å². The molecule has 0 aromatic heterocycles. The fourth-order valence-electron chi connectivity index (χ4n) is 1.08. The molecule has 0 rings (SSSR count). The predicted octanol–water partition coefficient (Wildman–Crippen LogP) is -1.51. The van der Waals surface area contributed by atoms with E-state index in [-0.39, 0.29) is 0 Å². The molecule has 0 radical (unpaired) electrons. The van der Waals surface area contributed by atoms with Gasteiger partial charge in [-0.25, -0.2) is 0 Å². The van der Waals surface area contributed by atoms with Gasteiger partial charge in [0.05, 0.1) is 12.7 Å². The molecule has 0 aliphatic rings. The zero-order valence-electron chi connectivity index (χ0n) is 7.92. The van der Waals surface area contributed by atoms with Crippen LogP contribution in [0.25, 0.3) is 0 Å². The Hall–Kier alpha value is -0.200. The van der Waals surface area contributed by atoms with Crippen molar-refractivity contribution in [2.24, 2.45) is 0 Å². The maximum absolute atomic E-state index is 9.38. The Bertz CT molecular complexity index is 130. The summed E-state index contributed by atoms with van der Waals surface area (Å²) in [5.41, 5.74) is 0. The molecular formula is C8H18O5. The van der Waals surface area contributed by atoms with Crippen molar-refractivity contribution in [2.45, 2.75) is 37.8 Å². The van der Waals surface area contributed by atoms with E-state index < -0.39 is 31.0 Å². The Morgan fingerprint density at radius 1 is 1.15 bits per heavy atom. The van der Waals surface area contributed by atoms with Crippen LogP contribution in [0.2, 0.25) is 0 Å². The molecule has 4 N–H and O–H groups in total. The van der Waals surface area contributed by atoms with Crippen molar-refractivity contribution in [2.75, 3.05) is 13.7 Å². The molecular weight excluding hydrogens is 176 g/mol. The molecule has 0 spiro atoms. The summed E-state index contributed by atoms with van der Waals surface area (Å²) >= 11 is 0. The van der Waals surface area contributed by atoms with Crippen LogP contribution >= 0.6 is 0 Å². The number of methoxy groups -OCH3 is 1. The second-order valence-electron chi connectivity index (χ2n) is 2.92. The highest BCUT2D eigenvalue weighted by Crippen LogP contribution is 2.10. The van der Waals surface area contributed by atoms with E-state index in [1.807, 2.05) is 0 Å². The minimum Gasteiger partial charge on any atom is -0.394 e. The smallest absolute Gasteiger partial charge is 0.111 e. The molecule has 0 saturated carbocycles. The first kappa shape index (κ1) is 12.8. The van der Waals surface area contributed by atoms with E-state index >= 15 is 0 Å². The molecule has 0 aliphatic heterocycles. The zero-order chi connectivity index (χ0) is 10.4. The highest BCUT2D eigenvalue weighted by molar-refractivity contribution is 4.81. The lowest BCUT2D eigenvalue weighted by atomic mass is 10.0. The van der Waals surface area contributed by atoms with Crippen molar-refractivity contribution in [3.05, 3.63) is 0 Å². The third-order valence-corrected chi connectivity index (χ3v) is 1.99. The number of hydrogen-bond acceptors (Lipinski definition) is 5. The van der Waals surface area contributed by atoms with Crippen LogP contribution in [0.3, 0.4) is 0 Å². The first-order valence-corrected chi connectivity index (χ1v) is 4.26. The monoisotopic (exact) mass is 194 g/mol. The molecule has 0 aliphatic carbocycles. The number of hydrogen-bond donors (Lipinski definition) is 4. The molecule has 4 atom stereocenters. The summed E-state index contributed by atoms with van der Waals surface area (Å²) < 4.78 is 4.82. The van der Waals surface area contributed by atoms with Crippen LogP contribution in [-0.2, 0) is 4.74 Å². The molecule has 0 fully saturated rings. The number of aliphatic hydroxyl groups is 4. The summed E-state index contributed by atoms with van der Waals surface area (Å²) in [6, 6.07) is 0. The summed E-state index contributed by atoms with van der Waals surface area (Å²) in [7, 11) is 1.33. The van der Waals surface area contributed by atoms with Crippen molar-refractivity contribution in [1.29, 1.82) is 0 Å². The molecule has 5 nitrogen and oxygen atoms in total. The van der Waals surface area contributed by atoms with Crippen molar-refractivity contribution in [1.82, 2.24) is 0 Å². The van der Waals surface area contributed by atoms with Crippen LogP contribution in [0.1, 0.15) is 13.3 Å². The molecule has 0 bridgehead atoms. The van der Waals surface area contributed by atoms with Gasteiger partial charge in [-0.3, -0.25) is 0 Å². The minimum atomic E-state index is -1.29. The van der Waals surface area contributed by atoms with Gasteiger partial charge in [0.1, 0.15) is 18.3 Å². The third kappa shape index (κ3) is 3.58. The van der Waals surface area contributed by atoms with Crippen molar-refractivity contribution < 1.29 is 25.2 Å². The molecule has 0 heterocycles. The summed E-state index contributed by atoms with van der Waals surface area (Å²) in [6.07, 6.45) is -3.86. The summed E-state index contributed by atoms with van der Waals surface area (Å²) in [6.45, 7) is 1.17. The zero-order valence-corrected chi connectivity index (χ0v) is 7.92. The molecule has 4 unspecified atom stereocenters. The number of ether oxygens (including phenoxy) is 1. The lowest BCUT2D eigenvalue weighted by Gasteiger charge is -2.27. The van der Waals surface area contributed by atoms with Gasteiger partial charge in [0.15, 0.2) is 0 Å². The van der Waals surface area contributed by atoms with E-state index in [4.69, 9.17) is 14.9 Å². The lowest BCUT2D eigenvalue weighted by molar-refractivity contribution is -0.129. The van der Waals surface area contributed by atoms with Crippen LogP contribution in [0.15, 0.2) is 0 Å². The van der Waals surface area contributed by atoms with Crippen molar-refractivity contribution in [3.63, 3.8) is 0 Å². The fraction of sp³-hybridized carbons (Fsp3) is 1.00. The lowest BCUT2D eigenvalue weighted by Crippen LogP contribution is -2.46. The third-order valence-electron chi connectivity index (χ3n) is 1.99. The Labute approximate surface area is 77.6 Å². The molecule has 0 aromatic rings. The second-order valence-corrected chi connectivity index (χ2v) is 2.92. The topological polar surface area (TPSA) is 90.2 Å². The Balaban J connectivity index is 4.21. The van der Waals surface area contributed by atoms with E-state index in [0.29, 0.717) is 6.42 Å². The average Bonchev–Trinajstić information content (AvgIpc) is 2.17. The fourth-order valence-corrected chi connectivity index (χ4v) is 1.08. The van der Waals surface area contributed by atoms with Gasteiger partial charge in [-0.05, 0) is 6.42 Å². The van der Waals surface area contributed by atoms with Gasteiger partial charge in [-0.15, -0.1) is 0 Å². The minimum absolute atomic E-state index is 0.410. The summed E-state index contributed by atoms with van der Waals surface area (Å²) in [4.78, 5) is 0. The highest BCUT2D eigenvalue weighted by atomic mass is 16.5. The number of rotatable bonds is 6. The highest BCUT2D eigenvalue weighted by Gasteiger charge is 2.30. The van der Waals surface area contributed by atoms with Gasteiger partial charge in [0.2, 0.25) is 0 Å². The molecule has 0 aromatic carbocycles. The Kier molecular flexibility index (Phi) is 6.19. The first-order valence-electron chi connectivity index (χ1n) is 4.26. The molecule has 13 heavy (non-hydrogen) atoms. The molecule has 0 saturated heterocycles. The van der Waals surface area contributed by atoms with E-state index in [1.54, 1.807) is 6.92 Å². The van der Waals surface area contributed by atoms with Gasteiger partial charge in [0.25, 0.3) is 0 Å². The molecule has 5 heteroatoms. The molecule has 80 valence electrons. The largest absolute Gasteiger partial charge is 0.394 e. The van der Waals surface area contributed by atoms with Crippen molar-refractivity contribution >= 4 is 0 Å². The van der Waals surface area contributed by atoms with Gasteiger partial charge in [0, 0.05) is 7.11 Å². The van der Waals surface area contributed by atoms with Crippen LogP contribution in [0, 0.1) is 0 Å². The predicted molar refractivity (Wildman–Crippen MR) is 46.2 cm³/mol. The van der Waals surface area contributed by atoms with E-state index in [0.717, 1.165) is 0 Å². The quantitative estimate of drug-likeness (QED) is 0.412. The van der Waals surface area contributed by atoms with Crippen molar-refractivity contribution in [3.8, 4) is 0 Å². The summed E-state index contributed by atoms with van der Waals surface area (Å²) in [5, 5.41) is 36.4. The molecule has 0 amide bonds. The first-order chi connectivity index (χ1) is 6.08. The number of aliphatic hydroxyl groups excluding tert-OH is 4. The van der Waals surface area contributed by atoms with Gasteiger partial charge in [-0.1, -0.05) is 6.92 Å². The van der Waals surface area contributed by atoms with Crippen LogP contribution in [-0.4, -0.2) is 58.6 Å². The Morgan fingerprint density at radius 3 is 2.00 bits per heavy atom. The maximum atomic E-state index is 9.38. The normalized spacial score (nSPS) is 20.8. The Morgan fingerprint density at radius 2 is 1.69 bits per heavy atom. The van der Waals surface area contributed by atoms with Crippen LogP contribution in [0.5, 0.6) is 0 Å². The summed E-state index contributed by atoms with van der Waals surface area (Å²) in [5.74, 6) is 0. The maximum Gasteiger partial charge on any atom is 0.111 e.